The Labute approximate surface area is 131 Å². The van der Waals surface area contributed by atoms with Gasteiger partial charge in [0.2, 0.25) is 0 Å². The van der Waals surface area contributed by atoms with Crippen molar-refractivity contribution < 1.29 is 0 Å². The first-order valence-electron chi connectivity index (χ1n) is 6.53. The summed E-state index contributed by atoms with van der Waals surface area (Å²) in [6, 6.07) is 14.4. The lowest BCUT2D eigenvalue weighted by Crippen LogP contribution is -2.12. The first-order valence-corrected chi connectivity index (χ1v) is 6.90. The van der Waals surface area contributed by atoms with Crippen LogP contribution < -0.4 is 5.56 Å². The average molecular weight is 308 g/mol. The molecule has 0 radical (unpaired) electrons. The van der Waals surface area contributed by atoms with E-state index < -0.39 is 5.56 Å². The van der Waals surface area contributed by atoms with Crippen molar-refractivity contribution in [1.29, 1.82) is 5.26 Å². The highest BCUT2D eigenvalue weighted by Gasteiger charge is 2.12. The molecular formula is C17H10ClN3O. The van der Waals surface area contributed by atoms with E-state index in [0.29, 0.717) is 16.3 Å². The van der Waals surface area contributed by atoms with Crippen LogP contribution in [0.15, 0.2) is 59.7 Å². The van der Waals surface area contributed by atoms with Gasteiger partial charge in [-0.1, -0.05) is 23.7 Å². The van der Waals surface area contributed by atoms with Crippen molar-refractivity contribution in [3.63, 3.8) is 0 Å². The lowest BCUT2D eigenvalue weighted by atomic mass is 9.99. The van der Waals surface area contributed by atoms with Gasteiger partial charge in [-0.2, -0.15) is 5.26 Å². The number of rotatable bonds is 2. The number of hydrogen-bond donors (Lipinski definition) is 1. The molecule has 0 atom stereocenters. The molecule has 22 heavy (non-hydrogen) atoms. The largest absolute Gasteiger partial charge is 0.321 e. The Bertz CT molecular complexity index is 927. The highest BCUT2D eigenvalue weighted by Crippen LogP contribution is 2.27. The van der Waals surface area contributed by atoms with Crippen molar-refractivity contribution in [2.45, 2.75) is 0 Å². The summed E-state index contributed by atoms with van der Waals surface area (Å²) in [5.41, 5.74) is 2.28. The predicted molar refractivity (Wildman–Crippen MR) is 85.5 cm³/mol. The molecule has 0 saturated carbocycles. The third-order valence-corrected chi connectivity index (χ3v) is 3.49. The van der Waals surface area contributed by atoms with Gasteiger partial charge in [-0.3, -0.25) is 9.78 Å². The van der Waals surface area contributed by atoms with Crippen LogP contribution in [0, 0.1) is 11.3 Å². The van der Waals surface area contributed by atoms with Crippen LogP contribution >= 0.6 is 11.6 Å². The van der Waals surface area contributed by atoms with Crippen LogP contribution in [0.3, 0.4) is 0 Å². The molecule has 3 aromatic rings. The van der Waals surface area contributed by atoms with Gasteiger partial charge in [-0.25, -0.2) is 0 Å². The van der Waals surface area contributed by atoms with Gasteiger partial charge in [-0.05, 0) is 35.9 Å². The SMILES string of the molecule is N#Cc1c(-c2cccc(Cl)c2)cc(-c2cccnc2)[nH]c1=O. The molecule has 0 saturated heterocycles. The fourth-order valence-electron chi connectivity index (χ4n) is 2.23. The van der Waals surface area contributed by atoms with Crippen LogP contribution in [-0.2, 0) is 0 Å². The molecule has 0 unspecified atom stereocenters. The van der Waals surface area contributed by atoms with E-state index in [1.807, 2.05) is 18.2 Å². The molecule has 0 spiro atoms. The maximum Gasteiger partial charge on any atom is 0.266 e. The summed E-state index contributed by atoms with van der Waals surface area (Å²) in [5.74, 6) is 0. The molecule has 0 aliphatic heterocycles. The van der Waals surface area contributed by atoms with E-state index in [4.69, 9.17) is 11.6 Å². The molecule has 0 amide bonds. The van der Waals surface area contributed by atoms with Gasteiger partial charge in [0.05, 0.1) is 5.69 Å². The molecule has 106 valence electrons. The first kappa shape index (κ1) is 14.1. The van der Waals surface area contributed by atoms with E-state index in [-0.39, 0.29) is 5.56 Å². The Hall–Kier alpha value is -2.90. The first-order chi connectivity index (χ1) is 10.7. The van der Waals surface area contributed by atoms with Crippen LogP contribution in [-0.4, -0.2) is 9.97 Å². The van der Waals surface area contributed by atoms with Crippen molar-refractivity contribution >= 4 is 11.6 Å². The number of benzene rings is 1. The molecule has 3 rings (SSSR count). The normalized spacial score (nSPS) is 10.2. The summed E-state index contributed by atoms with van der Waals surface area (Å²) in [6.45, 7) is 0. The third-order valence-electron chi connectivity index (χ3n) is 3.25. The second kappa shape index (κ2) is 5.84. The molecule has 5 heteroatoms. The van der Waals surface area contributed by atoms with Gasteiger partial charge >= 0.3 is 0 Å². The molecule has 4 nitrogen and oxygen atoms in total. The molecule has 2 heterocycles. The zero-order valence-electron chi connectivity index (χ0n) is 11.4. The topological polar surface area (TPSA) is 69.5 Å². The quantitative estimate of drug-likeness (QED) is 0.786. The van der Waals surface area contributed by atoms with Crippen molar-refractivity contribution in [2.24, 2.45) is 0 Å². The Kier molecular flexibility index (Phi) is 3.73. The fourth-order valence-corrected chi connectivity index (χ4v) is 2.42. The number of nitrogens with zero attached hydrogens (tertiary/aromatic N) is 2. The molecule has 0 aliphatic rings. The number of nitriles is 1. The monoisotopic (exact) mass is 307 g/mol. The van der Waals surface area contributed by atoms with Crippen LogP contribution in [0.2, 0.25) is 5.02 Å². The van der Waals surface area contributed by atoms with Gasteiger partial charge in [0.25, 0.3) is 5.56 Å². The molecular weight excluding hydrogens is 298 g/mol. The molecule has 0 aliphatic carbocycles. The minimum Gasteiger partial charge on any atom is -0.321 e. The highest BCUT2D eigenvalue weighted by atomic mass is 35.5. The zero-order chi connectivity index (χ0) is 15.5. The van der Waals surface area contributed by atoms with Crippen molar-refractivity contribution in [1.82, 2.24) is 9.97 Å². The second-order valence-corrected chi connectivity index (χ2v) is 5.10. The number of halogens is 1. The predicted octanol–water partition coefficient (Wildman–Crippen LogP) is 3.63. The average Bonchev–Trinajstić information content (AvgIpc) is 2.55. The Balaban J connectivity index is 2.27. The Morgan fingerprint density at radius 1 is 1.14 bits per heavy atom. The second-order valence-electron chi connectivity index (χ2n) is 4.66. The number of nitrogens with one attached hydrogen (secondary N) is 1. The van der Waals surface area contributed by atoms with E-state index >= 15 is 0 Å². The maximum absolute atomic E-state index is 12.2. The molecule has 2 aromatic heterocycles. The number of pyridine rings is 2. The van der Waals surface area contributed by atoms with Crippen molar-refractivity contribution in [2.75, 3.05) is 0 Å². The standard InChI is InChI=1S/C17H10ClN3O/c18-13-5-1-3-11(7-13)14-8-16(12-4-2-6-20-10-12)21-17(22)15(14)9-19/h1-8,10H,(H,21,22). The lowest BCUT2D eigenvalue weighted by molar-refractivity contribution is 1.21. The molecule has 0 fully saturated rings. The van der Waals surface area contributed by atoms with Crippen molar-refractivity contribution in [3.05, 3.63) is 75.8 Å². The summed E-state index contributed by atoms with van der Waals surface area (Å²) >= 11 is 6.01. The third kappa shape index (κ3) is 2.62. The summed E-state index contributed by atoms with van der Waals surface area (Å²) in [7, 11) is 0. The summed E-state index contributed by atoms with van der Waals surface area (Å²) in [4.78, 5) is 19.0. The number of hydrogen-bond acceptors (Lipinski definition) is 3. The summed E-state index contributed by atoms with van der Waals surface area (Å²) in [6.07, 6.45) is 3.31. The smallest absolute Gasteiger partial charge is 0.266 e. The number of H-pyrrole nitrogens is 1. The summed E-state index contributed by atoms with van der Waals surface area (Å²) in [5, 5.41) is 9.82. The molecule has 0 bridgehead atoms. The fraction of sp³-hybridized carbons (Fsp3) is 0. The van der Waals surface area contributed by atoms with E-state index in [9.17, 15) is 10.1 Å². The molecule has 1 N–H and O–H groups in total. The van der Waals surface area contributed by atoms with Crippen LogP contribution in [0.1, 0.15) is 5.56 Å². The van der Waals surface area contributed by atoms with Crippen LogP contribution in [0.5, 0.6) is 0 Å². The van der Waals surface area contributed by atoms with E-state index in [2.05, 4.69) is 9.97 Å². The highest BCUT2D eigenvalue weighted by molar-refractivity contribution is 6.30. The Morgan fingerprint density at radius 3 is 2.64 bits per heavy atom. The van der Waals surface area contributed by atoms with E-state index in [0.717, 1.165) is 11.1 Å². The van der Waals surface area contributed by atoms with E-state index in [1.165, 1.54) is 0 Å². The van der Waals surface area contributed by atoms with Gasteiger partial charge in [0, 0.05) is 28.5 Å². The van der Waals surface area contributed by atoms with Gasteiger partial charge in [0.15, 0.2) is 0 Å². The van der Waals surface area contributed by atoms with Gasteiger partial charge < -0.3 is 4.98 Å². The Morgan fingerprint density at radius 2 is 1.95 bits per heavy atom. The molecule has 1 aromatic carbocycles. The number of aromatic nitrogens is 2. The van der Waals surface area contributed by atoms with Crippen LogP contribution in [0.25, 0.3) is 22.4 Å². The maximum atomic E-state index is 12.2. The van der Waals surface area contributed by atoms with Gasteiger partial charge in [0.1, 0.15) is 11.6 Å². The van der Waals surface area contributed by atoms with Crippen molar-refractivity contribution in [3.8, 4) is 28.5 Å². The van der Waals surface area contributed by atoms with Gasteiger partial charge in [-0.15, -0.1) is 0 Å². The lowest BCUT2D eigenvalue weighted by Gasteiger charge is -2.08. The minimum absolute atomic E-state index is 0.0647. The number of aromatic amines is 1. The zero-order valence-corrected chi connectivity index (χ0v) is 12.1. The van der Waals surface area contributed by atoms with E-state index in [1.54, 1.807) is 42.7 Å². The van der Waals surface area contributed by atoms with Crippen LogP contribution in [0.4, 0.5) is 0 Å². The summed E-state index contributed by atoms with van der Waals surface area (Å²) < 4.78 is 0. The minimum atomic E-state index is -0.432.